The number of fused-ring (bicyclic) bond motifs is 1. The number of alkyl halides is 1. The summed E-state index contributed by atoms with van der Waals surface area (Å²) in [5.74, 6) is -0.249. The fraction of sp³-hybridized carbons (Fsp3) is 0.0588. The molecule has 3 heteroatoms. The van der Waals surface area contributed by atoms with E-state index in [2.05, 4.69) is 34.1 Å². The predicted molar refractivity (Wildman–Crippen MR) is 85.7 cm³/mol. The molecular formula is C17H11BrClF. The van der Waals surface area contributed by atoms with Gasteiger partial charge in [0.05, 0.1) is 5.38 Å². The molecule has 0 fully saturated rings. The number of benzene rings is 3. The quantitative estimate of drug-likeness (QED) is 0.493. The van der Waals surface area contributed by atoms with Gasteiger partial charge in [-0.05, 0) is 52.2 Å². The van der Waals surface area contributed by atoms with Crippen molar-refractivity contribution in [1.29, 1.82) is 0 Å². The smallest absolute Gasteiger partial charge is 0.123 e. The van der Waals surface area contributed by atoms with Crippen LogP contribution < -0.4 is 0 Å². The van der Waals surface area contributed by atoms with E-state index in [1.54, 1.807) is 12.1 Å². The minimum atomic E-state index is -0.274. The first-order valence-electron chi connectivity index (χ1n) is 6.22. The molecule has 0 saturated heterocycles. The SMILES string of the molecule is Fc1ccc(C(Cl)c2ccc3cc(Br)ccc3c2)cc1. The summed E-state index contributed by atoms with van der Waals surface area (Å²) in [6, 6.07) is 18.6. The number of rotatable bonds is 2. The second kappa shape index (κ2) is 5.55. The van der Waals surface area contributed by atoms with Gasteiger partial charge in [0.25, 0.3) is 0 Å². The molecule has 0 spiro atoms. The summed E-state index contributed by atoms with van der Waals surface area (Å²) in [5.41, 5.74) is 1.90. The molecule has 0 radical (unpaired) electrons. The van der Waals surface area contributed by atoms with E-state index in [0.29, 0.717) is 0 Å². The summed E-state index contributed by atoms with van der Waals surface area (Å²) in [4.78, 5) is 0. The van der Waals surface area contributed by atoms with Crippen LogP contribution in [-0.2, 0) is 0 Å². The first-order valence-corrected chi connectivity index (χ1v) is 7.45. The van der Waals surface area contributed by atoms with Crippen molar-refractivity contribution in [3.63, 3.8) is 0 Å². The Morgan fingerprint density at radius 3 is 2.15 bits per heavy atom. The average Bonchev–Trinajstić information content (AvgIpc) is 2.47. The zero-order valence-corrected chi connectivity index (χ0v) is 12.8. The van der Waals surface area contributed by atoms with Crippen LogP contribution >= 0.6 is 27.5 Å². The topological polar surface area (TPSA) is 0 Å². The molecule has 0 saturated carbocycles. The van der Waals surface area contributed by atoms with Crippen molar-refractivity contribution in [2.75, 3.05) is 0 Å². The first kappa shape index (κ1) is 13.6. The molecule has 0 bridgehead atoms. The van der Waals surface area contributed by atoms with Crippen LogP contribution in [0, 0.1) is 5.82 Å². The van der Waals surface area contributed by atoms with Gasteiger partial charge in [-0.1, -0.05) is 46.3 Å². The average molecular weight is 350 g/mol. The van der Waals surface area contributed by atoms with E-state index < -0.39 is 0 Å². The first-order chi connectivity index (χ1) is 9.63. The van der Waals surface area contributed by atoms with E-state index in [-0.39, 0.29) is 11.2 Å². The summed E-state index contributed by atoms with van der Waals surface area (Å²) in [6.07, 6.45) is 0. The van der Waals surface area contributed by atoms with E-state index >= 15 is 0 Å². The highest BCUT2D eigenvalue weighted by Gasteiger charge is 2.11. The standard InChI is InChI=1S/C17H11BrClF/c18-15-6-3-12-9-14(2-1-13(12)10-15)17(19)11-4-7-16(20)8-5-11/h1-10,17H. The van der Waals surface area contributed by atoms with Gasteiger partial charge in [-0.15, -0.1) is 11.6 Å². The molecule has 3 rings (SSSR count). The lowest BCUT2D eigenvalue weighted by Crippen LogP contribution is -1.93. The van der Waals surface area contributed by atoms with Gasteiger partial charge in [0.1, 0.15) is 5.82 Å². The van der Waals surface area contributed by atoms with Crippen LogP contribution in [0.4, 0.5) is 4.39 Å². The maximum absolute atomic E-state index is 13.0. The molecule has 0 aliphatic carbocycles. The second-order valence-electron chi connectivity index (χ2n) is 4.67. The zero-order chi connectivity index (χ0) is 14.1. The largest absolute Gasteiger partial charge is 0.207 e. The van der Waals surface area contributed by atoms with Crippen molar-refractivity contribution >= 4 is 38.3 Å². The maximum atomic E-state index is 13.0. The highest BCUT2D eigenvalue weighted by atomic mass is 79.9. The van der Waals surface area contributed by atoms with Gasteiger partial charge in [-0.2, -0.15) is 0 Å². The third kappa shape index (κ3) is 2.72. The van der Waals surface area contributed by atoms with Gasteiger partial charge in [0, 0.05) is 4.47 Å². The monoisotopic (exact) mass is 348 g/mol. The minimum absolute atomic E-state index is 0.249. The van der Waals surface area contributed by atoms with Crippen molar-refractivity contribution in [1.82, 2.24) is 0 Å². The van der Waals surface area contributed by atoms with Crippen molar-refractivity contribution in [3.05, 3.63) is 82.1 Å². The fourth-order valence-electron chi connectivity index (χ4n) is 2.22. The molecule has 3 aromatic rings. The molecule has 0 N–H and O–H groups in total. The lowest BCUT2D eigenvalue weighted by Gasteiger charge is -2.11. The molecule has 0 amide bonds. The Balaban J connectivity index is 2.01. The normalized spacial score (nSPS) is 12.6. The highest BCUT2D eigenvalue weighted by Crippen LogP contribution is 2.31. The molecule has 0 heterocycles. The Morgan fingerprint density at radius 1 is 0.800 bits per heavy atom. The number of hydrogen-bond donors (Lipinski definition) is 0. The van der Waals surface area contributed by atoms with Crippen molar-refractivity contribution < 1.29 is 4.39 Å². The molecule has 100 valence electrons. The van der Waals surface area contributed by atoms with Gasteiger partial charge in [0.2, 0.25) is 0 Å². The second-order valence-corrected chi connectivity index (χ2v) is 6.02. The van der Waals surface area contributed by atoms with Gasteiger partial charge in [0.15, 0.2) is 0 Å². The zero-order valence-electron chi connectivity index (χ0n) is 10.5. The molecule has 0 aliphatic rings. The van der Waals surface area contributed by atoms with Gasteiger partial charge in [-0.25, -0.2) is 4.39 Å². The highest BCUT2D eigenvalue weighted by molar-refractivity contribution is 9.10. The summed E-state index contributed by atoms with van der Waals surface area (Å²) in [7, 11) is 0. The van der Waals surface area contributed by atoms with Crippen LogP contribution in [0.1, 0.15) is 16.5 Å². The van der Waals surface area contributed by atoms with E-state index in [9.17, 15) is 4.39 Å². The summed E-state index contributed by atoms with van der Waals surface area (Å²) >= 11 is 9.95. The lowest BCUT2D eigenvalue weighted by molar-refractivity contribution is 0.627. The van der Waals surface area contributed by atoms with Gasteiger partial charge < -0.3 is 0 Å². The molecular weight excluding hydrogens is 339 g/mol. The lowest BCUT2D eigenvalue weighted by atomic mass is 10.0. The Labute approximate surface area is 130 Å². The summed E-state index contributed by atoms with van der Waals surface area (Å²) < 4.78 is 14.0. The summed E-state index contributed by atoms with van der Waals surface area (Å²) in [6.45, 7) is 0. The summed E-state index contributed by atoms with van der Waals surface area (Å²) in [5, 5.41) is 2.02. The van der Waals surface area contributed by atoms with E-state index in [1.165, 1.54) is 12.1 Å². The van der Waals surface area contributed by atoms with Crippen LogP contribution in [0.15, 0.2) is 65.1 Å². The maximum Gasteiger partial charge on any atom is 0.123 e. The molecule has 20 heavy (non-hydrogen) atoms. The van der Waals surface area contributed by atoms with Crippen molar-refractivity contribution in [2.45, 2.75) is 5.38 Å². The van der Waals surface area contributed by atoms with E-state index in [0.717, 1.165) is 26.4 Å². The Kier molecular flexibility index (Phi) is 3.77. The fourth-order valence-corrected chi connectivity index (χ4v) is 2.88. The third-order valence-electron chi connectivity index (χ3n) is 3.28. The van der Waals surface area contributed by atoms with Crippen molar-refractivity contribution in [3.8, 4) is 0 Å². The predicted octanol–water partition coefficient (Wildman–Crippen LogP) is 6.07. The molecule has 1 atom stereocenters. The van der Waals surface area contributed by atoms with Crippen LogP contribution in [0.25, 0.3) is 10.8 Å². The molecule has 0 aliphatic heterocycles. The minimum Gasteiger partial charge on any atom is -0.207 e. The molecule has 0 nitrogen and oxygen atoms in total. The van der Waals surface area contributed by atoms with E-state index in [1.807, 2.05) is 18.2 Å². The van der Waals surface area contributed by atoms with Gasteiger partial charge >= 0.3 is 0 Å². The van der Waals surface area contributed by atoms with Crippen molar-refractivity contribution in [2.24, 2.45) is 0 Å². The van der Waals surface area contributed by atoms with E-state index in [4.69, 9.17) is 11.6 Å². The number of halogens is 3. The molecule has 1 unspecified atom stereocenters. The van der Waals surface area contributed by atoms with Crippen LogP contribution in [0.3, 0.4) is 0 Å². The van der Waals surface area contributed by atoms with Gasteiger partial charge in [-0.3, -0.25) is 0 Å². The van der Waals surface area contributed by atoms with Crippen LogP contribution in [0.5, 0.6) is 0 Å². The number of hydrogen-bond acceptors (Lipinski definition) is 0. The Hall–Kier alpha value is -1.38. The Morgan fingerprint density at radius 2 is 1.40 bits per heavy atom. The molecule has 0 aromatic heterocycles. The Bertz CT molecular complexity index is 753. The van der Waals surface area contributed by atoms with Crippen LogP contribution in [0.2, 0.25) is 0 Å². The molecule has 3 aromatic carbocycles. The third-order valence-corrected chi connectivity index (χ3v) is 4.28. The van der Waals surface area contributed by atoms with Crippen LogP contribution in [-0.4, -0.2) is 0 Å².